The van der Waals surface area contributed by atoms with Gasteiger partial charge in [0.1, 0.15) is 12.2 Å². The molecule has 20 heavy (non-hydrogen) atoms. The molecule has 0 amide bonds. The fourth-order valence-corrected chi connectivity index (χ4v) is 2.36. The van der Waals surface area contributed by atoms with Gasteiger partial charge in [-0.1, -0.05) is 0 Å². The van der Waals surface area contributed by atoms with Crippen molar-refractivity contribution in [2.24, 2.45) is 0 Å². The summed E-state index contributed by atoms with van der Waals surface area (Å²) in [7, 11) is 0. The first-order chi connectivity index (χ1) is 9.74. The minimum Gasteiger partial charge on any atom is -0.398 e. The molecule has 0 aliphatic heterocycles. The number of nitrogens with zero attached hydrogens (tertiary/aromatic N) is 3. The van der Waals surface area contributed by atoms with E-state index < -0.39 is 0 Å². The monoisotopic (exact) mass is 332 g/mol. The zero-order valence-electron chi connectivity index (χ0n) is 10.6. The van der Waals surface area contributed by atoms with E-state index in [0.717, 1.165) is 45.5 Å². The van der Waals surface area contributed by atoms with Gasteiger partial charge >= 0.3 is 0 Å². The molecule has 6 nitrogen and oxygen atoms in total. The Morgan fingerprint density at radius 3 is 3.00 bits per heavy atom. The Balaban J connectivity index is 1.82. The Labute approximate surface area is 123 Å². The van der Waals surface area contributed by atoms with Crippen LogP contribution in [0.15, 0.2) is 35.2 Å². The van der Waals surface area contributed by atoms with Gasteiger partial charge in [-0.3, -0.25) is 10.1 Å². The molecule has 3 rings (SSSR count). The van der Waals surface area contributed by atoms with Crippen LogP contribution in [0, 0.1) is 0 Å². The SMILES string of the molecule is Nc1ccc(NCCc2ncn[nH]2)c2ncc(Br)cc12. The van der Waals surface area contributed by atoms with E-state index in [1.807, 2.05) is 18.2 Å². The second-order valence-electron chi connectivity index (χ2n) is 4.36. The lowest BCUT2D eigenvalue weighted by molar-refractivity contribution is 0.901. The molecule has 4 N–H and O–H groups in total. The standard InChI is InChI=1S/C13H13BrN6/c14-8-5-9-10(15)1-2-11(13(9)17-6-8)16-4-3-12-18-7-19-20-12/h1-2,5-7,16H,3-4,15H2,(H,18,19,20). The topological polar surface area (TPSA) is 92.5 Å². The first-order valence-corrected chi connectivity index (χ1v) is 6.95. The molecule has 7 heteroatoms. The molecule has 3 aromatic rings. The van der Waals surface area contributed by atoms with Gasteiger partial charge in [0.05, 0.1) is 11.2 Å². The van der Waals surface area contributed by atoms with Crippen LogP contribution in [0.2, 0.25) is 0 Å². The van der Waals surface area contributed by atoms with Gasteiger partial charge in [-0.25, -0.2) is 4.98 Å². The lowest BCUT2D eigenvalue weighted by Crippen LogP contribution is -2.07. The van der Waals surface area contributed by atoms with Gasteiger partial charge in [-0.15, -0.1) is 0 Å². The van der Waals surface area contributed by atoms with Crippen molar-refractivity contribution >= 4 is 38.2 Å². The van der Waals surface area contributed by atoms with Crippen molar-refractivity contribution in [1.29, 1.82) is 0 Å². The molecule has 102 valence electrons. The number of hydrogen-bond donors (Lipinski definition) is 3. The number of pyridine rings is 1. The third-order valence-electron chi connectivity index (χ3n) is 2.99. The number of aromatic amines is 1. The van der Waals surface area contributed by atoms with Crippen LogP contribution in [0.3, 0.4) is 0 Å². The molecule has 0 saturated heterocycles. The van der Waals surface area contributed by atoms with E-state index in [-0.39, 0.29) is 0 Å². The van der Waals surface area contributed by atoms with Crippen LogP contribution < -0.4 is 11.1 Å². The first kappa shape index (κ1) is 12.9. The van der Waals surface area contributed by atoms with Gasteiger partial charge in [0.15, 0.2) is 0 Å². The summed E-state index contributed by atoms with van der Waals surface area (Å²) in [5.41, 5.74) is 8.53. The third kappa shape index (κ3) is 2.57. The normalized spacial score (nSPS) is 10.8. The number of rotatable bonds is 4. The maximum absolute atomic E-state index is 5.99. The number of nitrogens with one attached hydrogen (secondary N) is 2. The van der Waals surface area contributed by atoms with E-state index in [1.54, 1.807) is 6.20 Å². The number of benzene rings is 1. The summed E-state index contributed by atoms with van der Waals surface area (Å²) in [6.45, 7) is 0.742. The Bertz CT molecular complexity index is 725. The van der Waals surface area contributed by atoms with Gasteiger partial charge in [-0.05, 0) is 34.1 Å². The second-order valence-corrected chi connectivity index (χ2v) is 5.28. The molecule has 0 saturated carbocycles. The number of nitrogen functional groups attached to an aromatic ring is 1. The second kappa shape index (κ2) is 5.46. The zero-order chi connectivity index (χ0) is 13.9. The number of fused-ring (bicyclic) bond motifs is 1. The highest BCUT2D eigenvalue weighted by molar-refractivity contribution is 9.10. The van der Waals surface area contributed by atoms with Crippen molar-refractivity contribution in [2.45, 2.75) is 6.42 Å². The van der Waals surface area contributed by atoms with Gasteiger partial charge in [-0.2, -0.15) is 5.10 Å². The maximum atomic E-state index is 5.99. The van der Waals surface area contributed by atoms with Crippen LogP contribution >= 0.6 is 15.9 Å². The summed E-state index contributed by atoms with van der Waals surface area (Å²) in [6.07, 6.45) is 4.04. The quantitative estimate of drug-likeness (QED) is 0.638. The molecule has 0 spiro atoms. The average molecular weight is 333 g/mol. The van der Waals surface area contributed by atoms with Crippen LogP contribution in [-0.4, -0.2) is 26.7 Å². The number of hydrogen-bond acceptors (Lipinski definition) is 5. The molecule has 0 fully saturated rings. The summed E-state index contributed by atoms with van der Waals surface area (Å²) in [5.74, 6) is 0.855. The Morgan fingerprint density at radius 1 is 1.30 bits per heavy atom. The molecule has 0 radical (unpaired) electrons. The smallest absolute Gasteiger partial charge is 0.137 e. The molecular formula is C13H13BrN6. The van der Waals surface area contributed by atoms with Crippen molar-refractivity contribution in [3.8, 4) is 0 Å². The molecular weight excluding hydrogens is 320 g/mol. The highest BCUT2D eigenvalue weighted by Crippen LogP contribution is 2.28. The Hall–Kier alpha value is -2.15. The lowest BCUT2D eigenvalue weighted by atomic mass is 10.1. The fourth-order valence-electron chi connectivity index (χ4n) is 2.03. The first-order valence-electron chi connectivity index (χ1n) is 6.16. The minimum atomic E-state index is 0.717. The number of aromatic nitrogens is 4. The predicted octanol–water partition coefficient (Wildman–Crippen LogP) is 2.35. The van der Waals surface area contributed by atoms with E-state index >= 15 is 0 Å². The van der Waals surface area contributed by atoms with Crippen molar-refractivity contribution in [2.75, 3.05) is 17.6 Å². The van der Waals surface area contributed by atoms with Crippen molar-refractivity contribution in [1.82, 2.24) is 20.2 Å². The number of halogens is 1. The zero-order valence-corrected chi connectivity index (χ0v) is 12.2. The molecule has 0 bridgehead atoms. The number of H-pyrrole nitrogens is 1. The van der Waals surface area contributed by atoms with E-state index in [1.165, 1.54) is 6.33 Å². The number of nitrogens with two attached hydrogens (primary N) is 1. The molecule has 2 aromatic heterocycles. The van der Waals surface area contributed by atoms with Gasteiger partial charge in [0.25, 0.3) is 0 Å². The van der Waals surface area contributed by atoms with E-state index in [0.29, 0.717) is 0 Å². The Kier molecular flexibility index (Phi) is 3.51. The van der Waals surface area contributed by atoms with Crippen LogP contribution in [0.25, 0.3) is 10.9 Å². The fraction of sp³-hybridized carbons (Fsp3) is 0.154. The third-order valence-corrected chi connectivity index (χ3v) is 3.43. The van der Waals surface area contributed by atoms with Crippen LogP contribution in [0.1, 0.15) is 5.82 Å². The highest BCUT2D eigenvalue weighted by atomic mass is 79.9. The van der Waals surface area contributed by atoms with Crippen molar-refractivity contribution in [3.05, 3.63) is 41.0 Å². The van der Waals surface area contributed by atoms with Crippen molar-refractivity contribution < 1.29 is 0 Å². The maximum Gasteiger partial charge on any atom is 0.137 e. The summed E-state index contributed by atoms with van der Waals surface area (Å²) in [6, 6.07) is 5.80. The molecule has 2 heterocycles. The van der Waals surface area contributed by atoms with Crippen molar-refractivity contribution in [3.63, 3.8) is 0 Å². The van der Waals surface area contributed by atoms with Gasteiger partial charge in [0.2, 0.25) is 0 Å². The summed E-state index contributed by atoms with van der Waals surface area (Å²) in [5, 5.41) is 10.9. The molecule has 1 aromatic carbocycles. The van der Waals surface area contributed by atoms with Crippen LogP contribution in [-0.2, 0) is 6.42 Å². The minimum absolute atomic E-state index is 0.717. The summed E-state index contributed by atoms with van der Waals surface area (Å²) < 4.78 is 0.913. The van der Waals surface area contributed by atoms with Crippen LogP contribution in [0.5, 0.6) is 0 Å². The number of anilines is 2. The highest BCUT2D eigenvalue weighted by Gasteiger charge is 2.06. The lowest BCUT2D eigenvalue weighted by Gasteiger charge is -2.10. The predicted molar refractivity (Wildman–Crippen MR) is 82.4 cm³/mol. The molecule has 0 aliphatic carbocycles. The van der Waals surface area contributed by atoms with Crippen LogP contribution in [0.4, 0.5) is 11.4 Å². The Morgan fingerprint density at radius 2 is 2.20 bits per heavy atom. The van der Waals surface area contributed by atoms with Gasteiger partial charge < -0.3 is 11.1 Å². The summed E-state index contributed by atoms with van der Waals surface area (Å²) >= 11 is 3.41. The van der Waals surface area contributed by atoms with Gasteiger partial charge in [0, 0.05) is 34.7 Å². The van der Waals surface area contributed by atoms with E-state index in [2.05, 4.69) is 41.4 Å². The summed E-state index contributed by atoms with van der Waals surface area (Å²) in [4.78, 5) is 8.52. The average Bonchev–Trinajstić information content (AvgIpc) is 2.95. The van der Waals surface area contributed by atoms with E-state index in [9.17, 15) is 0 Å². The molecule has 0 atom stereocenters. The molecule has 0 aliphatic rings. The molecule has 0 unspecified atom stereocenters. The largest absolute Gasteiger partial charge is 0.398 e. The van der Waals surface area contributed by atoms with E-state index in [4.69, 9.17) is 5.73 Å².